The molecule has 2 aliphatic rings. The van der Waals surface area contributed by atoms with Crippen LogP contribution in [0, 0.1) is 29.6 Å². The van der Waals surface area contributed by atoms with Crippen molar-refractivity contribution in [3.8, 4) is 0 Å². The minimum Gasteiger partial charge on any atom is -0.0651 e. The molecule has 0 amide bonds. The van der Waals surface area contributed by atoms with Crippen LogP contribution in [-0.2, 0) is 0 Å². The van der Waals surface area contributed by atoms with Crippen LogP contribution in [0.15, 0.2) is 0 Å². The summed E-state index contributed by atoms with van der Waals surface area (Å²) in [5.74, 6) is 5.28. The quantitative estimate of drug-likeness (QED) is 0.491. The van der Waals surface area contributed by atoms with Gasteiger partial charge in [-0.2, -0.15) is 0 Å². The third-order valence-corrected chi connectivity index (χ3v) is 6.03. The Labute approximate surface area is 115 Å². The molecule has 2 saturated carbocycles. The van der Waals surface area contributed by atoms with Gasteiger partial charge in [0.25, 0.3) is 0 Å². The molecule has 2 unspecified atom stereocenters. The zero-order chi connectivity index (χ0) is 13.0. The van der Waals surface area contributed by atoms with Crippen molar-refractivity contribution >= 4 is 0 Å². The summed E-state index contributed by atoms with van der Waals surface area (Å²) >= 11 is 0. The van der Waals surface area contributed by atoms with E-state index in [0.717, 1.165) is 29.6 Å². The fourth-order valence-corrected chi connectivity index (χ4v) is 3.86. The van der Waals surface area contributed by atoms with Crippen molar-refractivity contribution in [1.29, 1.82) is 0 Å². The van der Waals surface area contributed by atoms with Crippen LogP contribution >= 0.6 is 0 Å². The Balaban J connectivity index is 1.73. The highest BCUT2D eigenvalue weighted by Gasteiger charge is 2.36. The summed E-state index contributed by atoms with van der Waals surface area (Å²) < 4.78 is 0. The van der Waals surface area contributed by atoms with Crippen molar-refractivity contribution in [3.63, 3.8) is 0 Å². The first-order valence-corrected chi connectivity index (χ1v) is 8.70. The van der Waals surface area contributed by atoms with Crippen LogP contribution in [-0.4, -0.2) is 0 Å². The van der Waals surface area contributed by atoms with Gasteiger partial charge in [-0.3, -0.25) is 0 Å². The third-order valence-electron chi connectivity index (χ3n) is 6.03. The summed E-state index contributed by atoms with van der Waals surface area (Å²) in [6, 6.07) is 0. The molecule has 18 heavy (non-hydrogen) atoms. The van der Waals surface area contributed by atoms with Crippen molar-refractivity contribution in [3.05, 3.63) is 0 Å². The molecule has 0 aromatic heterocycles. The van der Waals surface area contributed by atoms with E-state index in [2.05, 4.69) is 20.8 Å². The minimum absolute atomic E-state index is 0.943. The lowest BCUT2D eigenvalue weighted by Crippen LogP contribution is -2.33. The van der Waals surface area contributed by atoms with Gasteiger partial charge in [0.05, 0.1) is 0 Å². The Morgan fingerprint density at radius 1 is 0.833 bits per heavy atom. The van der Waals surface area contributed by atoms with E-state index in [1.54, 1.807) is 32.1 Å². The fourth-order valence-electron chi connectivity index (χ4n) is 3.86. The summed E-state index contributed by atoms with van der Waals surface area (Å²) in [4.78, 5) is 0. The van der Waals surface area contributed by atoms with Gasteiger partial charge in [0.2, 0.25) is 0 Å². The molecule has 0 spiro atoms. The van der Waals surface area contributed by atoms with Gasteiger partial charge in [-0.15, -0.1) is 0 Å². The third kappa shape index (κ3) is 3.75. The summed E-state index contributed by atoms with van der Waals surface area (Å²) in [6.45, 7) is 7.27. The molecule has 0 N–H and O–H groups in total. The van der Waals surface area contributed by atoms with E-state index in [0.29, 0.717) is 0 Å². The average Bonchev–Trinajstić information content (AvgIpc) is 2.21. The first-order valence-electron chi connectivity index (χ1n) is 8.70. The van der Waals surface area contributed by atoms with Crippen molar-refractivity contribution < 1.29 is 0 Å². The highest BCUT2D eigenvalue weighted by atomic mass is 14.4. The molecule has 0 radical (unpaired) electrons. The van der Waals surface area contributed by atoms with E-state index in [-0.39, 0.29) is 0 Å². The van der Waals surface area contributed by atoms with Crippen molar-refractivity contribution in [2.75, 3.05) is 0 Å². The average molecular weight is 250 g/mol. The number of hydrogen-bond donors (Lipinski definition) is 0. The Morgan fingerprint density at radius 2 is 1.33 bits per heavy atom. The van der Waals surface area contributed by atoms with Crippen LogP contribution in [0.25, 0.3) is 0 Å². The smallest absolute Gasteiger partial charge is 0.0355 e. The van der Waals surface area contributed by atoms with Gasteiger partial charge >= 0.3 is 0 Å². The standard InChI is InChI=1S/C18H34/c1-4-14(2)11-12-15(3)13-18(16-7-5-8-16)17-9-6-10-17/h14-18H,4-13H2,1-3H3. The predicted molar refractivity (Wildman–Crippen MR) is 80.6 cm³/mol. The first-order chi connectivity index (χ1) is 8.70. The highest BCUT2D eigenvalue weighted by Crippen LogP contribution is 2.47. The lowest BCUT2D eigenvalue weighted by atomic mass is 9.62. The molecule has 106 valence electrons. The van der Waals surface area contributed by atoms with E-state index >= 15 is 0 Å². The Morgan fingerprint density at radius 3 is 1.72 bits per heavy atom. The number of hydrogen-bond acceptors (Lipinski definition) is 0. The van der Waals surface area contributed by atoms with Gasteiger partial charge in [-0.05, 0) is 36.0 Å². The molecular weight excluding hydrogens is 216 g/mol. The van der Waals surface area contributed by atoms with Crippen molar-refractivity contribution in [1.82, 2.24) is 0 Å². The van der Waals surface area contributed by atoms with E-state index in [1.165, 1.54) is 32.1 Å². The van der Waals surface area contributed by atoms with E-state index in [1.807, 2.05) is 0 Å². The highest BCUT2D eigenvalue weighted by molar-refractivity contribution is 4.87. The van der Waals surface area contributed by atoms with Crippen LogP contribution in [0.1, 0.15) is 85.0 Å². The molecule has 0 heteroatoms. The normalized spacial score (nSPS) is 24.7. The summed E-state index contributed by atoms with van der Waals surface area (Å²) in [6.07, 6.45) is 15.1. The Kier molecular flexibility index (Phi) is 5.57. The second-order valence-corrected chi connectivity index (χ2v) is 7.48. The predicted octanol–water partition coefficient (Wildman–Crippen LogP) is 6.06. The van der Waals surface area contributed by atoms with Crippen LogP contribution < -0.4 is 0 Å². The molecule has 0 bridgehead atoms. The summed E-state index contributed by atoms with van der Waals surface area (Å²) in [5, 5.41) is 0. The maximum absolute atomic E-state index is 2.52. The SMILES string of the molecule is CCC(C)CCC(C)CC(C1CCC1)C1CCC1. The molecule has 2 aliphatic carbocycles. The van der Waals surface area contributed by atoms with Crippen molar-refractivity contribution in [2.24, 2.45) is 29.6 Å². The monoisotopic (exact) mass is 250 g/mol. The Hall–Kier alpha value is 0. The van der Waals surface area contributed by atoms with Gasteiger partial charge in [-0.25, -0.2) is 0 Å². The van der Waals surface area contributed by atoms with Gasteiger partial charge < -0.3 is 0 Å². The van der Waals surface area contributed by atoms with Crippen LogP contribution in [0.4, 0.5) is 0 Å². The molecule has 0 saturated heterocycles. The summed E-state index contributed by atoms with van der Waals surface area (Å²) in [5.41, 5.74) is 0. The van der Waals surface area contributed by atoms with Crippen LogP contribution in [0.3, 0.4) is 0 Å². The zero-order valence-electron chi connectivity index (χ0n) is 13.0. The van der Waals surface area contributed by atoms with Gasteiger partial charge in [-0.1, -0.05) is 78.6 Å². The lowest BCUT2D eigenvalue weighted by molar-refractivity contribution is 0.0715. The second kappa shape index (κ2) is 6.96. The first kappa shape index (κ1) is 14.4. The molecule has 0 nitrogen and oxygen atoms in total. The van der Waals surface area contributed by atoms with E-state index < -0.39 is 0 Å². The zero-order valence-corrected chi connectivity index (χ0v) is 13.0. The minimum atomic E-state index is 0.943. The van der Waals surface area contributed by atoms with Crippen molar-refractivity contribution in [2.45, 2.75) is 85.0 Å². The van der Waals surface area contributed by atoms with Crippen LogP contribution in [0.2, 0.25) is 0 Å². The van der Waals surface area contributed by atoms with Gasteiger partial charge in [0.15, 0.2) is 0 Å². The molecule has 2 rings (SSSR count). The fraction of sp³-hybridized carbons (Fsp3) is 1.00. The van der Waals surface area contributed by atoms with Crippen LogP contribution in [0.5, 0.6) is 0 Å². The van der Waals surface area contributed by atoms with Gasteiger partial charge in [0, 0.05) is 0 Å². The number of rotatable bonds is 8. The van der Waals surface area contributed by atoms with E-state index in [9.17, 15) is 0 Å². The molecular formula is C18H34. The molecule has 0 aromatic rings. The maximum atomic E-state index is 2.52. The molecule has 0 aliphatic heterocycles. The summed E-state index contributed by atoms with van der Waals surface area (Å²) in [7, 11) is 0. The molecule has 2 fully saturated rings. The lowest BCUT2D eigenvalue weighted by Gasteiger charge is -2.44. The Bertz CT molecular complexity index is 210. The molecule has 2 atom stereocenters. The van der Waals surface area contributed by atoms with Gasteiger partial charge in [0.1, 0.15) is 0 Å². The maximum Gasteiger partial charge on any atom is -0.0355 e. The van der Waals surface area contributed by atoms with E-state index in [4.69, 9.17) is 0 Å². The largest absolute Gasteiger partial charge is 0.0651 e. The molecule has 0 heterocycles. The topological polar surface area (TPSA) is 0 Å². The second-order valence-electron chi connectivity index (χ2n) is 7.48. The molecule has 0 aromatic carbocycles.